The maximum Gasteiger partial charge on any atom is 0.247 e. The van der Waals surface area contributed by atoms with Crippen LogP contribution in [0.3, 0.4) is 0 Å². The van der Waals surface area contributed by atoms with Gasteiger partial charge in [0.05, 0.1) is 18.4 Å². The van der Waals surface area contributed by atoms with Crippen molar-refractivity contribution in [2.24, 2.45) is 0 Å². The summed E-state index contributed by atoms with van der Waals surface area (Å²) in [7, 11) is 3.74. The van der Waals surface area contributed by atoms with E-state index >= 15 is 0 Å². The number of ether oxygens (including phenoxy) is 2. The molecule has 11 heteroatoms. The van der Waals surface area contributed by atoms with E-state index in [0.717, 1.165) is 55.9 Å². The molecular weight excluding hydrogens is 501 g/mol. The van der Waals surface area contributed by atoms with Crippen molar-refractivity contribution in [3.05, 3.63) is 65.5 Å². The number of hydrogen-bond acceptors (Lipinski definition) is 9. The first kappa shape index (κ1) is 27.5. The Labute approximate surface area is 226 Å². The van der Waals surface area contributed by atoms with Crippen molar-refractivity contribution in [3.63, 3.8) is 0 Å². The molecule has 39 heavy (non-hydrogen) atoms. The minimum atomic E-state index is -0.645. The van der Waals surface area contributed by atoms with Crippen LogP contribution in [0.5, 0.6) is 17.4 Å². The molecular formula is C28H32FN7O3. The Morgan fingerprint density at radius 2 is 1.97 bits per heavy atom. The lowest BCUT2D eigenvalue weighted by atomic mass is 9.86. The number of methoxy groups -OCH3 is 1. The monoisotopic (exact) mass is 533 g/mol. The molecule has 2 aromatic carbocycles. The highest BCUT2D eigenvalue weighted by Crippen LogP contribution is 2.38. The third-order valence-corrected chi connectivity index (χ3v) is 6.62. The number of amides is 1. The zero-order valence-electron chi connectivity index (χ0n) is 22.2. The van der Waals surface area contributed by atoms with Crippen molar-refractivity contribution < 1.29 is 18.7 Å². The van der Waals surface area contributed by atoms with Crippen molar-refractivity contribution >= 4 is 35.3 Å². The highest BCUT2D eigenvalue weighted by atomic mass is 19.1. The molecule has 0 radical (unpaired) electrons. The molecule has 0 spiro atoms. The Kier molecular flexibility index (Phi) is 8.40. The number of nitrogens with two attached hydrogens (primary N) is 1. The molecule has 0 saturated carbocycles. The van der Waals surface area contributed by atoms with Crippen LogP contribution < -0.4 is 25.8 Å². The molecule has 4 rings (SSSR count). The quantitative estimate of drug-likeness (QED) is 0.223. The maximum atomic E-state index is 14.2. The van der Waals surface area contributed by atoms with Gasteiger partial charge in [0.25, 0.3) is 0 Å². The molecule has 0 atom stereocenters. The van der Waals surface area contributed by atoms with Gasteiger partial charge in [-0.15, -0.1) is 0 Å². The summed E-state index contributed by atoms with van der Waals surface area (Å²) < 4.78 is 25.7. The van der Waals surface area contributed by atoms with E-state index in [4.69, 9.17) is 20.6 Å². The number of benzene rings is 2. The second kappa shape index (κ2) is 11.9. The summed E-state index contributed by atoms with van der Waals surface area (Å²) >= 11 is 0. The van der Waals surface area contributed by atoms with E-state index in [0.29, 0.717) is 17.4 Å². The van der Waals surface area contributed by atoms with Crippen LogP contribution in [0.2, 0.25) is 0 Å². The molecule has 0 aliphatic carbocycles. The van der Waals surface area contributed by atoms with Gasteiger partial charge in [0.1, 0.15) is 23.1 Å². The Morgan fingerprint density at radius 1 is 1.23 bits per heavy atom. The van der Waals surface area contributed by atoms with E-state index in [1.165, 1.54) is 11.6 Å². The number of aromatic nitrogens is 2. The number of anilines is 4. The van der Waals surface area contributed by atoms with Crippen molar-refractivity contribution in [3.8, 4) is 17.4 Å². The number of piperidine rings is 1. The van der Waals surface area contributed by atoms with E-state index < -0.39 is 11.7 Å². The number of nitrogens with zero attached hydrogens (tertiary/aromatic N) is 3. The van der Waals surface area contributed by atoms with Crippen LogP contribution in [0, 0.1) is 18.2 Å². The lowest BCUT2D eigenvalue weighted by molar-refractivity contribution is -0.111. The summed E-state index contributed by atoms with van der Waals surface area (Å²) in [6.45, 7) is 7.55. The molecule has 2 heterocycles. The minimum Gasteiger partial charge on any atom is -0.495 e. The standard InChI is InChI=1S/C28H32FN7O3/c1-5-25(37)32-19-11-18(29)12-20(13-19)39-27-22(15-30)26(31)34-28(35-27)33-23-10-16(2)21(14-24(23)38-4)17-6-8-36(3)9-7-17/h5,10-15,17,30H,1,6-9H2,2-4H3,(H,32,37)(H3,31,33,34,35). The summed E-state index contributed by atoms with van der Waals surface area (Å²) in [6.07, 6.45) is 4.18. The van der Waals surface area contributed by atoms with Gasteiger partial charge in [0, 0.05) is 24.0 Å². The Bertz CT molecular complexity index is 1400. The van der Waals surface area contributed by atoms with Gasteiger partial charge in [-0.05, 0) is 81.2 Å². The number of nitrogens with one attached hydrogen (secondary N) is 3. The molecule has 1 aromatic heterocycles. The number of likely N-dealkylation sites (tertiary alicyclic amines) is 1. The van der Waals surface area contributed by atoms with E-state index in [1.807, 2.05) is 12.1 Å². The number of carbonyl (C=O) groups excluding carboxylic acids is 1. The normalized spacial score (nSPS) is 13.9. The summed E-state index contributed by atoms with van der Waals surface area (Å²) in [5.74, 6) is 0.00676. The van der Waals surface area contributed by atoms with E-state index in [1.54, 1.807) is 7.11 Å². The van der Waals surface area contributed by atoms with Crippen LogP contribution in [0.1, 0.15) is 35.4 Å². The molecule has 3 aromatic rings. The zero-order chi connectivity index (χ0) is 28.1. The third kappa shape index (κ3) is 6.50. The molecule has 1 fully saturated rings. The smallest absolute Gasteiger partial charge is 0.247 e. The van der Waals surface area contributed by atoms with Crippen LogP contribution in [0.25, 0.3) is 0 Å². The van der Waals surface area contributed by atoms with Crippen LogP contribution in [0.15, 0.2) is 43.0 Å². The van der Waals surface area contributed by atoms with Gasteiger partial charge < -0.3 is 36.2 Å². The van der Waals surface area contributed by atoms with E-state index in [9.17, 15) is 9.18 Å². The minimum absolute atomic E-state index is 0.00674. The lowest BCUT2D eigenvalue weighted by Gasteiger charge is -2.30. The van der Waals surface area contributed by atoms with Crippen LogP contribution >= 0.6 is 0 Å². The second-order valence-electron chi connectivity index (χ2n) is 9.38. The number of carbonyl (C=O) groups is 1. The fraction of sp³-hybridized carbons (Fsp3) is 0.286. The average molecular weight is 534 g/mol. The first-order chi connectivity index (χ1) is 18.7. The molecule has 204 valence electrons. The largest absolute Gasteiger partial charge is 0.495 e. The molecule has 5 N–H and O–H groups in total. The SMILES string of the molecule is C=CC(=O)Nc1cc(F)cc(Oc2nc(Nc3cc(C)c(C4CCN(C)CC4)cc3OC)nc(N)c2C=N)c1. The average Bonchev–Trinajstić information content (AvgIpc) is 2.89. The predicted molar refractivity (Wildman–Crippen MR) is 150 cm³/mol. The summed E-state index contributed by atoms with van der Waals surface area (Å²) in [6, 6.07) is 7.70. The number of nitrogen functional groups attached to an aromatic ring is 1. The number of halogens is 1. The maximum absolute atomic E-state index is 14.2. The first-order valence-corrected chi connectivity index (χ1v) is 12.4. The van der Waals surface area contributed by atoms with Gasteiger partial charge in [-0.2, -0.15) is 9.97 Å². The van der Waals surface area contributed by atoms with Crippen LogP contribution in [-0.4, -0.2) is 54.2 Å². The Hall–Kier alpha value is -4.51. The highest BCUT2D eigenvalue weighted by molar-refractivity contribution is 5.99. The van der Waals surface area contributed by atoms with Gasteiger partial charge >= 0.3 is 0 Å². The highest BCUT2D eigenvalue weighted by Gasteiger charge is 2.22. The topological polar surface area (TPSA) is 138 Å². The van der Waals surface area contributed by atoms with Gasteiger partial charge in [-0.3, -0.25) is 4.79 Å². The Morgan fingerprint density at radius 3 is 2.64 bits per heavy atom. The van der Waals surface area contributed by atoms with Crippen LogP contribution in [-0.2, 0) is 4.79 Å². The molecule has 1 aliphatic heterocycles. The number of hydrogen-bond donors (Lipinski definition) is 4. The van der Waals surface area contributed by atoms with E-state index in [2.05, 4.69) is 46.1 Å². The van der Waals surface area contributed by atoms with Crippen molar-refractivity contribution in [1.29, 1.82) is 5.41 Å². The fourth-order valence-corrected chi connectivity index (χ4v) is 4.58. The van der Waals surface area contributed by atoms with Crippen molar-refractivity contribution in [2.45, 2.75) is 25.7 Å². The van der Waals surface area contributed by atoms with Gasteiger partial charge in [-0.25, -0.2) is 4.39 Å². The summed E-state index contributed by atoms with van der Waals surface area (Å²) in [4.78, 5) is 22.6. The van der Waals surface area contributed by atoms with E-state index in [-0.39, 0.29) is 34.6 Å². The molecule has 1 amide bonds. The lowest BCUT2D eigenvalue weighted by Crippen LogP contribution is -2.29. The number of aryl methyl sites for hydroxylation is 1. The zero-order valence-corrected chi connectivity index (χ0v) is 22.2. The first-order valence-electron chi connectivity index (χ1n) is 12.4. The summed E-state index contributed by atoms with van der Waals surface area (Å²) in [5.41, 5.74) is 9.40. The van der Waals surface area contributed by atoms with Gasteiger partial charge in [-0.1, -0.05) is 6.58 Å². The van der Waals surface area contributed by atoms with Crippen molar-refractivity contribution in [2.75, 3.05) is 43.6 Å². The molecule has 0 bridgehead atoms. The molecule has 0 unspecified atom stereocenters. The van der Waals surface area contributed by atoms with Crippen molar-refractivity contribution in [1.82, 2.24) is 14.9 Å². The second-order valence-corrected chi connectivity index (χ2v) is 9.38. The molecule has 1 saturated heterocycles. The molecule has 10 nitrogen and oxygen atoms in total. The van der Waals surface area contributed by atoms with Gasteiger partial charge in [0.15, 0.2) is 0 Å². The predicted octanol–water partition coefficient (Wildman–Crippen LogP) is 4.98. The fourth-order valence-electron chi connectivity index (χ4n) is 4.58. The third-order valence-electron chi connectivity index (χ3n) is 6.62. The molecule has 1 aliphatic rings. The van der Waals surface area contributed by atoms with Crippen LogP contribution in [0.4, 0.5) is 27.5 Å². The summed E-state index contributed by atoms with van der Waals surface area (Å²) in [5, 5.41) is 13.4. The van der Waals surface area contributed by atoms with Gasteiger partial charge in [0.2, 0.25) is 17.7 Å². The Balaban J connectivity index is 1.64. The number of rotatable bonds is 9.